The maximum atomic E-state index is 11.9. The quantitative estimate of drug-likeness (QED) is 0.838. The maximum Gasteiger partial charge on any atom is 0.239 e. The molecule has 4 heteroatoms. The maximum absolute atomic E-state index is 11.9. The monoisotopic (exact) mass is 277 g/mol. The minimum absolute atomic E-state index is 0.110. The topological polar surface area (TPSA) is 46.1 Å². The van der Waals surface area contributed by atoms with Gasteiger partial charge in [0, 0.05) is 25.0 Å². The molecule has 1 aliphatic rings. The smallest absolute Gasteiger partial charge is 0.239 e. The van der Waals surface area contributed by atoms with Crippen molar-refractivity contribution in [2.24, 2.45) is 5.92 Å². The molecule has 0 fully saturated rings. The molecule has 1 amide bonds. The number of carbonyl (C=O) groups is 1. The van der Waals surface area contributed by atoms with E-state index in [4.69, 9.17) is 0 Å². The summed E-state index contributed by atoms with van der Waals surface area (Å²) >= 11 is 0. The van der Waals surface area contributed by atoms with Gasteiger partial charge in [0.2, 0.25) is 5.91 Å². The molecule has 0 saturated heterocycles. The average Bonchev–Trinajstić information content (AvgIpc) is 2.80. The second-order valence-corrected chi connectivity index (χ2v) is 6.18. The fraction of sp³-hybridized carbons (Fsp3) is 0.688. The van der Waals surface area contributed by atoms with Crippen LogP contribution in [-0.2, 0) is 17.8 Å². The SMILES string of the molecule is CNC1CCCc2cn(CC(=O)NCCC(C)C)cc21. The molecule has 1 aromatic heterocycles. The third-order valence-corrected chi connectivity index (χ3v) is 4.03. The van der Waals surface area contributed by atoms with Crippen LogP contribution in [0.15, 0.2) is 12.4 Å². The molecule has 4 nitrogen and oxygen atoms in total. The van der Waals surface area contributed by atoms with Crippen LogP contribution < -0.4 is 10.6 Å². The lowest BCUT2D eigenvalue weighted by atomic mass is 9.91. The molecule has 20 heavy (non-hydrogen) atoms. The highest BCUT2D eigenvalue weighted by atomic mass is 16.1. The summed E-state index contributed by atoms with van der Waals surface area (Å²) in [5.74, 6) is 0.740. The first kappa shape index (κ1) is 15.1. The summed E-state index contributed by atoms with van der Waals surface area (Å²) in [5, 5.41) is 6.35. The summed E-state index contributed by atoms with van der Waals surface area (Å²) in [4.78, 5) is 11.9. The number of aromatic nitrogens is 1. The van der Waals surface area contributed by atoms with E-state index in [2.05, 4.69) is 36.9 Å². The van der Waals surface area contributed by atoms with Gasteiger partial charge in [-0.25, -0.2) is 0 Å². The molecule has 0 spiro atoms. The van der Waals surface area contributed by atoms with Gasteiger partial charge < -0.3 is 15.2 Å². The number of aryl methyl sites for hydroxylation is 1. The molecule has 0 radical (unpaired) electrons. The van der Waals surface area contributed by atoms with Crippen LogP contribution in [0.5, 0.6) is 0 Å². The molecule has 1 heterocycles. The number of carbonyl (C=O) groups excluding carboxylic acids is 1. The summed E-state index contributed by atoms with van der Waals surface area (Å²) in [6.45, 7) is 5.55. The molecule has 0 bridgehead atoms. The summed E-state index contributed by atoms with van der Waals surface area (Å²) in [6, 6.07) is 0.448. The highest BCUT2D eigenvalue weighted by molar-refractivity contribution is 5.75. The molecule has 112 valence electrons. The first-order valence-corrected chi connectivity index (χ1v) is 7.72. The molecule has 0 saturated carbocycles. The van der Waals surface area contributed by atoms with Crippen LogP contribution in [0.4, 0.5) is 0 Å². The Kier molecular flexibility index (Phi) is 5.24. The van der Waals surface area contributed by atoms with Gasteiger partial charge in [0.15, 0.2) is 0 Å². The van der Waals surface area contributed by atoms with Crippen LogP contribution in [0.2, 0.25) is 0 Å². The number of hydrogen-bond donors (Lipinski definition) is 2. The predicted octanol–water partition coefficient (Wildman–Crippen LogP) is 2.25. The van der Waals surface area contributed by atoms with Gasteiger partial charge >= 0.3 is 0 Å². The van der Waals surface area contributed by atoms with Crippen molar-refractivity contribution in [2.45, 2.75) is 52.1 Å². The fourth-order valence-corrected chi connectivity index (χ4v) is 2.86. The number of rotatable bonds is 6. The van der Waals surface area contributed by atoms with E-state index in [1.54, 1.807) is 0 Å². The Morgan fingerprint density at radius 3 is 2.95 bits per heavy atom. The van der Waals surface area contributed by atoms with Crippen LogP contribution in [-0.4, -0.2) is 24.1 Å². The molecule has 1 aromatic rings. The van der Waals surface area contributed by atoms with Crippen LogP contribution in [0.1, 0.15) is 50.3 Å². The first-order valence-electron chi connectivity index (χ1n) is 7.72. The van der Waals surface area contributed by atoms with Gasteiger partial charge in [0.25, 0.3) is 0 Å². The molecule has 1 aliphatic carbocycles. The number of nitrogens with one attached hydrogen (secondary N) is 2. The van der Waals surface area contributed by atoms with Crippen molar-refractivity contribution >= 4 is 5.91 Å². The normalized spacial score (nSPS) is 18.1. The first-order chi connectivity index (χ1) is 9.60. The summed E-state index contributed by atoms with van der Waals surface area (Å²) in [5.41, 5.74) is 2.76. The lowest BCUT2D eigenvalue weighted by Crippen LogP contribution is -2.28. The Labute approximate surface area is 121 Å². The van der Waals surface area contributed by atoms with E-state index < -0.39 is 0 Å². The van der Waals surface area contributed by atoms with Crippen LogP contribution in [0, 0.1) is 5.92 Å². The summed E-state index contributed by atoms with van der Waals surface area (Å²) in [6.07, 6.45) is 8.86. The molecule has 2 N–H and O–H groups in total. The lowest BCUT2D eigenvalue weighted by Gasteiger charge is -2.21. The molecule has 1 atom stereocenters. The van der Waals surface area contributed by atoms with Gasteiger partial charge in [-0.15, -0.1) is 0 Å². The molecule has 2 rings (SSSR count). The van der Waals surface area contributed by atoms with E-state index in [0.717, 1.165) is 19.4 Å². The van der Waals surface area contributed by atoms with Gasteiger partial charge in [0.1, 0.15) is 6.54 Å². The third kappa shape index (κ3) is 3.85. The van der Waals surface area contributed by atoms with Crippen molar-refractivity contribution in [1.29, 1.82) is 0 Å². The standard InChI is InChI=1S/C16H27N3O/c1-12(2)7-8-18-16(20)11-19-9-13-5-4-6-15(17-3)14(13)10-19/h9-10,12,15,17H,4-8,11H2,1-3H3,(H,18,20). The zero-order valence-electron chi connectivity index (χ0n) is 12.9. The van der Waals surface area contributed by atoms with E-state index in [1.165, 1.54) is 24.0 Å². The molecule has 0 aromatic carbocycles. The van der Waals surface area contributed by atoms with Crippen molar-refractivity contribution < 1.29 is 4.79 Å². The van der Waals surface area contributed by atoms with Crippen LogP contribution in [0.25, 0.3) is 0 Å². The predicted molar refractivity (Wildman–Crippen MR) is 81.6 cm³/mol. The fourth-order valence-electron chi connectivity index (χ4n) is 2.86. The Morgan fingerprint density at radius 2 is 2.25 bits per heavy atom. The van der Waals surface area contributed by atoms with Crippen LogP contribution in [0.3, 0.4) is 0 Å². The zero-order valence-corrected chi connectivity index (χ0v) is 12.9. The number of hydrogen-bond acceptors (Lipinski definition) is 2. The van der Waals surface area contributed by atoms with E-state index in [9.17, 15) is 4.79 Å². The number of nitrogens with zero attached hydrogens (tertiary/aromatic N) is 1. The second kappa shape index (κ2) is 6.93. The Morgan fingerprint density at radius 1 is 1.45 bits per heavy atom. The average molecular weight is 277 g/mol. The van der Waals surface area contributed by atoms with Gasteiger partial charge in [-0.3, -0.25) is 4.79 Å². The largest absolute Gasteiger partial charge is 0.355 e. The minimum atomic E-state index is 0.110. The van der Waals surface area contributed by atoms with Crippen molar-refractivity contribution in [2.75, 3.05) is 13.6 Å². The molecular formula is C16H27N3O. The van der Waals surface area contributed by atoms with Crippen LogP contribution >= 0.6 is 0 Å². The molecule has 0 aliphatic heterocycles. The van der Waals surface area contributed by atoms with Gasteiger partial charge in [-0.1, -0.05) is 13.8 Å². The van der Waals surface area contributed by atoms with Gasteiger partial charge in [0.05, 0.1) is 0 Å². The molecule has 1 unspecified atom stereocenters. The van der Waals surface area contributed by atoms with Gasteiger partial charge in [-0.2, -0.15) is 0 Å². The van der Waals surface area contributed by atoms with Crippen molar-refractivity contribution in [3.63, 3.8) is 0 Å². The number of amides is 1. The summed E-state index contributed by atoms with van der Waals surface area (Å²) in [7, 11) is 2.01. The Hall–Kier alpha value is -1.29. The highest BCUT2D eigenvalue weighted by Crippen LogP contribution is 2.29. The van der Waals surface area contributed by atoms with E-state index in [0.29, 0.717) is 18.5 Å². The molecular weight excluding hydrogens is 250 g/mol. The van der Waals surface area contributed by atoms with Gasteiger partial charge in [-0.05, 0) is 49.8 Å². The van der Waals surface area contributed by atoms with Crippen molar-refractivity contribution in [1.82, 2.24) is 15.2 Å². The van der Waals surface area contributed by atoms with E-state index in [-0.39, 0.29) is 5.91 Å². The van der Waals surface area contributed by atoms with Crippen molar-refractivity contribution in [3.05, 3.63) is 23.5 Å². The number of fused-ring (bicyclic) bond motifs is 1. The highest BCUT2D eigenvalue weighted by Gasteiger charge is 2.20. The lowest BCUT2D eigenvalue weighted by molar-refractivity contribution is -0.121. The van der Waals surface area contributed by atoms with E-state index in [1.807, 2.05) is 11.6 Å². The summed E-state index contributed by atoms with van der Waals surface area (Å²) < 4.78 is 2.03. The zero-order chi connectivity index (χ0) is 14.5. The van der Waals surface area contributed by atoms with E-state index >= 15 is 0 Å². The third-order valence-electron chi connectivity index (χ3n) is 4.03. The second-order valence-electron chi connectivity index (χ2n) is 6.18. The Balaban J connectivity index is 1.90. The van der Waals surface area contributed by atoms with Crippen molar-refractivity contribution in [3.8, 4) is 0 Å². The minimum Gasteiger partial charge on any atom is -0.355 e. The Bertz CT molecular complexity index is 451.